The largest absolute Gasteiger partial charge is 0.481 e. The van der Waals surface area contributed by atoms with Crippen molar-refractivity contribution < 1.29 is 9.90 Å². The second kappa shape index (κ2) is 9.01. The van der Waals surface area contributed by atoms with Crippen LogP contribution in [0.15, 0.2) is 54.7 Å². The van der Waals surface area contributed by atoms with Crippen LogP contribution in [-0.4, -0.2) is 41.0 Å². The summed E-state index contributed by atoms with van der Waals surface area (Å²) in [6.07, 6.45) is 2.11. The lowest BCUT2D eigenvalue weighted by Crippen LogP contribution is -2.05. The number of hydrogen-bond donors (Lipinski definition) is 2. The Balaban J connectivity index is 1.56. The molecule has 0 amide bonds. The van der Waals surface area contributed by atoms with E-state index in [0.717, 1.165) is 11.3 Å². The van der Waals surface area contributed by atoms with E-state index in [0.29, 0.717) is 41.3 Å². The fraction of sp³-hybridized carbons (Fsp3) is 0.136. The third-order valence-electron chi connectivity index (χ3n) is 4.62. The first-order valence-corrected chi connectivity index (χ1v) is 9.72. The smallest absolute Gasteiger partial charge is 0.303 e. The highest BCUT2D eigenvalue weighted by molar-refractivity contribution is 5.68. The number of aliphatic carboxylic acids is 1. The van der Waals surface area contributed by atoms with E-state index in [4.69, 9.17) is 16.1 Å². The number of nitriles is 1. The van der Waals surface area contributed by atoms with Gasteiger partial charge in [-0.1, -0.05) is 23.4 Å². The number of aromatic nitrogens is 6. The molecule has 3 aromatic heterocycles. The van der Waals surface area contributed by atoms with Gasteiger partial charge in [0.1, 0.15) is 5.69 Å². The maximum atomic E-state index is 10.8. The molecule has 10 nitrogen and oxygen atoms in total. The van der Waals surface area contributed by atoms with E-state index in [1.807, 2.05) is 18.2 Å². The van der Waals surface area contributed by atoms with Crippen LogP contribution >= 0.6 is 0 Å². The van der Waals surface area contributed by atoms with Crippen molar-refractivity contribution in [3.05, 3.63) is 71.7 Å². The van der Waals surface area contributed by atoms with Gasteiger partial charge in [-0.05, 0) is 30.3 Å². The molecular formula is C22H18N8O2. The van der Waals surface area contributed by atoms with Gasteiger partial charge in [-0.3, -0.25) is 9.78 Å². The Kier molecular flexibility index (Phi) is 5.81. The molecule has 0 aliphatic carbocycles. The molecule has 4 rings (SSSR count). The van der Waals surface area contributed by atoms with Gasteiger partial charge >= 0.3 is 5.97 Å². The zero-order valence-electron chi connectivity index (χ0n) is 16.9. The van der Waals surface area contributed by atoms with Crippen LogP contribution in [0.1, 0.15) is 23.4 Å². The first-order valence-electron chi connectivity index (χ1n) is 9.72. The number of hydrogen-bond acceptors (Lipinski definition) is 8. The third kappa shape index (κ3) is 4.91. The van der Waals surface area contributed by atoms with Crippen LogP contribution in [0.5, 0.6) is 0 Å². The standard InChI is InChI=1S/C22H18N8O2/c23-11-14-3-1-4-15(9-14)18-10-19(27-22(24)26-18)20-13-30(29-28-20)12-17-6-2-5-16(25-17)7-8-21(31)32/h1-6,9-10,13H,7-8,12H2,(H,31,32)(H2,24,26,27). The molecule has 0 saturated carbocycles. The highest BCUT2D eigenvalue weighted by Gasteiger charge is 2.12. The summed E-state index contributed by atoms with van der Waals surface area (Å²) >= 11 is 0. The minimum atomic E-state index is -0.860. The molecule has 32 heavy (non-hydrogen) atoms. The van der Waals surface area contributed by atoms with Crippen molar-refractivity contribution >= 4 is 11.9 Å². The molecule has 0 atom stereocenters. The fourth-order valence-corrected chi connectivity index (χ4v) is 3.14. The molecule has 0 aliphatic rings. The molecule has 3 heterocycles. The Labute approximate surface area is 183 Å². The van der Waals surface area contributed by atoms with Crippen molar-refractivity contribution in [2.45, 2.75) is 19.4 Å². The van der Waals surface area contributed by atoms with Gasteiger partial charge in [0.05, 0.1) is 47.9 Å². The Morgan fingerprint density at radius 3 is 2.62 bits per heavy atom. The summed E-state index contributed by atoms with van der Waals surface area (Å²) < 4.78 is 1.62. The molecule has 1 aromatic carbocycles. The van der Waals surface area contributed by atoms with Crippen LogP contribution in [0.2, 0.25) is 0 Å². The Morgan fingerprint density at radius 1 is 1.03 bits per heavy atom. The molecule has 0 bridgehead atoms. The Hall–Kier alpha value is -4.65. The number of carboxylic acids is 1. The average Bonchev–Trinajstić information content (AvgIpc) is 3.26. The number of anilines is 1. The van der Waals surface area contributed by atoms with Crippen LogP contribution in [0.25, 0.3) is 22.6 Å². The van der Waals surface area contributed by atoms with E-state index in [9.17, 15) is 4.79 Å². The third-order valence-corrected chi connectivity index (χ3v) is 4.62. The lowest BCUT2D eigenvalue weighted by Gasteiger charge is -2.05. The lowest BCUT2D eigenvalue weighted by atomic mass is 10.1. The van der Waals surface area contributed by atoms with Crippen LogP contribution in [-0.2, 0) is 17.8 Å². The molecule has 4 aromatic rings. The van der Waals surface area contributed by atoms with Gasteiger partial charge in [0.25, 0.3) is 0 Å². The highest BCUT2D eigenvalue weighted by Crippen LogP contribution is 2.24. The summed E-state index contributed by atoms with van der Waals surface area (Å²) in [7, 11) is 0. The van der Waals surface area contributed by atoms with Gasteiger partial charge in [-0.25, -0.2) is 14.6 Å². The molecule has 0 spiro atoms. The second-order valence-electron chi connectivity index (χ2n) is 7.00. The maximum absolute atomic E-state index is 10.8. The summed E-state index contributed by atoms with van der Waals surface area (Å²) in [4.78, 5) is 23.8. The number of rotatable bonds is 7. The molecule has 3 N–H and O–H groups in total. The number of benzene rings is 1. The summed E-state index contributed by atoms with van der Waals surface area (Å²) in [6, 6.07) is 16.4. The van der Waals surface area contributed by atoms with Gasteiger partial charge in [-0.2, -0.15) is 5.26 Å². The molecule has 0 radical (unpaired) electrons. The number of nitrogens with two attached hydrogens (primary N) is 1. The number of carbonyl (C=O) groups is 1. The van der Waals surface area contributed by atoms with Crippen molar-refractivity contribution in [1.29, 1.82) is 5.26 Å². The maximum Gasteiger partial charge on any atom is 0.303 e. The zero-order valence-corrected chi connectivity index (χ0v) is 16.9. The quantitative estimate of drug-likeness (QED) is 0.452. The zero-order chi connectivity index (χ0) is 22.5. The van der Waals surface area contributed by atoms with Crippen molar-refractivity contribution in [3.63, 3.8) is 0 Å². The first kappa shape index (κ1) is 20.6. The number of carboxylic acid groups (broad SMARTS) is 1. The van der Waals surface area contributed by atoms with Crippen LogP contribution in [0.4, 0.5) is 5.95 Å². The van der Waals surface area contributed by atoms with Gasteiger partial charge in [-0.15, -0.1) is 5.10 Å². The molecule has 0 saturated heterocycles. The predicted molar refractivity (Wildman–Crippen MR) is 115 cm³/mol. The van der Waals surface area contributed by atoms with Crippen molar-refractivity contribution in [2.75, 3.05) is 5.73 Å². The van der Waals surface area contributed by atoms with E-state index in [-0.39, 0.29) is 12.4 Å². The van der Waals surface area contributed by atoms with Crippen molar-refractivity contribution in [1.82, 2.24) is 29.9 Å². The van der Waals surface area contributed by atoms with E-state index >= 15 is 0 Å². The van der Waals surface area contributed by atoms with Gasteiger partial charge in [0.15, 0.2) is 0 Å². The van der Waals surface area contributed by atoms with E-state index in [1.54, 1.807) is 41.2 Å². The number of pyridine rings is 1. The number of nitrogen functional groups attached to an aromatic ring is 1. The molecule has 0 aliphatic heterocycles. The van der Waals surface area contributed by atoms with Gasteiger partial charge < -0.3 is 10.8 Å². The van der Waals surface area contributed by atoms with E-state index < -0.39 is 5.97 Å². The van der Waals surface area contributed by atoms with E-state index in [1.165, 1.54) is 0 Å². The number of aryl methyl sites for hydroxylation is 1. The molecule has 158 valence electrons. The van der Waals surface area contributed by atoms with E-state index in [2.05, 4.69) is 31.3 Å². The van der Waals surface area contributed by atoms with Crippen molar-refractivity contribution in [2.24, 2.45) is 0 Å². The summed E-state index contributed by atoms with van der Waals surface area (Å²) in [6.45, 7) is 0.367. The first-order chi connectivity index (χ1) is 15.5. The molecule has 0 fully saturated rings. The second-order valence-corrected chi connectivity index (χ2v) is 7.00. The monoisotopic (exact) mass is 426 g/mol. The number of nitrogens with zero attached hydrogens (tertiary/aromatic N) is 7. The highest BCUT2D eigenvalue weighted by atomic mass is 16.4. The normalized spacial score (nSPS) is 10.6. The molecular weight excluding hydrogens is 408 g/mol. The van der Waals surface area contributed by atoms with Crippen LogP contribution in [0, 0.1) is 11.3 Å². The predicted octanol–water partition coefficient (Wildman–Crippen LogP) is 2.32. The minimum Gasteiger partial charge on any atom is -0.481 e. The summed E-state index contributed by atoms with van der Waals surface area (Å²) in [5.41, 5.74) is 10.2. The average molecular weight is 426 g/mol. The molecule has 0 unspecified atom stereocenters. The summed E-state index contributed by atoms with van der Waals surface area (Å²) in [5, 5.41) is 26.3. The Bertz CT molecular complexity index is 1330. The topological polar surface area (TPSA) is 156 Å². The van der Waals surface area contributed by atoms with Gasteiger partial charge in [0.2, 0.25) is 5.95 Å². The van der Waals surface area contributed by atoms with Crippen LogP contribution < -0.4 is 5.73 Å². The fourth-order valence-electron chi connectivity index (χ4n) is 3.14. The van der Waals surface area contributed by atoms with Gasteiger partial charge in [0, 0.05) is 17.7 Å². The summed E-state index contributed by atoms with van der Waals surface area (Å²) in [5.74, 6) is -0.775. The van der Waals surface area contributed by atoms with Crippen LogP contribution in [0.3, 0.4) is 0 Å². The minimum absolute atomic E-state index is 0.0265. The Morgan fingerprint density at radius 2 is 1.81 bits per heavy atom. The molecule has 10 heteroatoms. The van der Waals surface area contributed by atoms with Crippen molar-refractivity contribution in [3.8, 4) is 28.7 Å². The SMILES string of the molecule is N#Cc1cccc(-c2cc(-c3cn(Cc4cccc(CCC(=O)O)n4)nn3)nc(N)n2)c1. The lowest BCUT2D eigenvalue weighted by molar-refractivity contribution is -0.136.